The van der Waals surface area contributed by atoms with Gasteiger partial charge in [0.25, 0.3) is 0 Å². The number of nitrogens with one attached hydrogen (secondary N) is 2. The minimum atomic E-state index is 0.499. The van der Waals surface area contributed by atoms with E-state index in [1.54, 1.807) is 6.20 Å². The maximum atomic E-state index is 6.00. The van der Waals surface area contributed by atoms with Gasteiger partial charge in [-0.1, -0.05) is 12.1 Å². The molecule has 0 aliphatic heterocycles. The first-order valence-corrected chi connectivity index (χ1v) is 6.88. The van der Waals surface area contributed by atoms with Crippen molar-refractivity contribution in [3.63, 3.8) is 0 Å². The third kappa shape index (κ3) is 2.52. The van der Waals surface area contributed by atoms with Crippen molar-refractivity contribution < 1.29 is 4.74 Å². The predicted octanol–water partition coefficient (Wildman–Crippen LogP) is 3.19. The van der Waals surface area contributed by atoms with Gasteiger partial charge in [0.2, 0.25) is 11.8 Å². The molecule has 2 N–H and O–H groups in total. The summed E-state index contributed by atoms with van der Waals surface area (Å²) in [6.07, 6.45) is 1.67. The highest BCUT2D eigenvalue weighted by Crippen LogP contribution is 2.30. The Hall–Kier alpha value is -2.63. The summed E-state index contributed by atoms with van der Waals surface area (Å²) < 4.78 is 6.00. The van der Waals surface area contributed by atoms with E-state index in [9.17, 15) is 0 Å². The standard InChI is InChI=1S/C15H17N5O/c1-4-16-15-18-13-11(8-17-20-13)14(19-15)21-12-7-5-6-9(2)10(12)3/h5-8H,4H2,1-3H3,(H2,16,17,18,19,20). The summed E-state index contributed by atoms with van der Waals surface area (Å²) in [6, 6.07) is 5.96. The minimum Gasteiger partial charge on any atom is -0.438 e. The Morgan fingerprint density at radius 2 is 2.10 bits per heavy atom. The molecule has 0 unspecified atom stereocenters. The van der Waals surface area contributed by atoms with E-state index in [4.69, 9.17) is 4.74 Å². The van der Waals surface area contributed by atoms with Gasteiger partial charge < -0.3 is 10.1 Å². The maximum Gasteiger partial charge on any atom is 0.235 e. The second kappa shape index (κ2) is 5.40. The van der Waals surface area contributed by atoms with Gasteiger partial charge in [0, 0.05) is 6.54 Å². The van der Waals surface area contributed by atoms with Crippen LogP contribution in [0.15, 0.2) is 24.4 Å². The third-order valence-corrected chi connectivity index (χ3v) is 3.37. The fourth-order valence-corrected chi connectivity index (χ4v) is 2.06. The molecule has 3 aromatic rings. The van der Waals surface area contributed by atoms with Crippen LogP contribution < -0.4 is 10.1 Å². The Morgan fingerprint density at radius 3 is 2.90 bits per heavy atom. The molecule has 0 bridgehead atoms. The van der Waals surface area contributed by atoms with Gasteiger partial charge >= 0.3 is 0 Å². The summed E-state index contributed by atoms with van der Waals surface area (Å²) in [6.45, 7) is 6.82. The van der Waals surface area contributed by atoms with Crippen LogP contribution in [0.25, 0.3) is 11.0 Å². The van der Waals surface area contributed by atoms with Gasteiger partial charge in [0.15, 0.2) is 5.65 Å². The fraction of sp³-hybridized carbons (Fsp3) is 0.267. The molecule has 0 fully saturated rings. The molecule has 0 aliphatic carbocycles. The number of aryl methyl sites for hydroxylation is 1. The van der Waals surface area contributed by atoms with Crippen LogP contribution in [0.5, 0.6) is 11.6 Å². The van der Waals surface area contributed by atoms with Crippen molar-refractivity contribution in [1.82, 2.24) is 20.2 Å². The Labute approximate surface area is 122 Å². The van der Waals surface area contributed by atoms with Crippen LogP contribution in [0.2, 0.25) is 0 Å². The second-order valence-corrected chi connectivity index (χ2v) is 4.82. The van der Waals surface area contributed by atoms with E-state index < -0.39 is 0 Å². The van der Waals surface area contributed by atoms with Crippen molar-refractivity contribution >= 4 is 17.0 Å². The summed E-state index contributed by atoms with van der Waals surface area (Å²) in [5, 5.41) is 10.7. The van der Waals surface area contributed by atoms with E-state index in [1.165, 1.54) is 5.56 Å². The molecule has 3 rings (SSSR count). The topological polar surface area (TPSA) is 75.7 Å². The first-order valence-electron chi connectivity index (χ1n) is 6.88. The Balaban J connectivity index is 2.06. The number of nitrogens with zero attached hydrogens (tertiary/aromatic N) is 3. The quantitative estimate of drug-likeness (QED) is 0.769. The van der Waals surface area contributed by atoms with E-state index in [0.29, 0.717) is 17.5 Å². The van der Waals surface area contributed by atoms with Gasteiger partial charge in [-0.2, -0.15) is 15.1 Å². The van der Waals surface area contributed by atoms with Crippen molar-refractivity contribution in [3.8, 4) is 11.6 Å². The fourth-order valence-electron chi connectivity index (χ4n) is 2.06. The van der Waals surface area contributed by atoms with Crippen molar-refractivity contribution in [2.75, 3.05) is 11.9 Å². The van der Waals surface area contributed by atoms with Crippen LogP contribution in [-0.4, -0.2) is 26.7 Å². The molecule has 6 nitrogen and oxygen atoms in total. The molecule has 21 heavy (non-hydrogen) atoms. The van der Waals surface area contributed by atoms with E-state index in [1.807, 2.05) is 26.0 Å². The Bertz CT molecular complexity index is 781. The Kier molecular flexibility index (Phi) is 3.43. The highest BCUT2D eigenvalue weighted by Gasteiger charge is 2.12. The van der Waals surface area contributed by atoms with E-state index in [0.717, 1.165) is 23.2 Å². The molecule has 0 spiro atoms. The lowest BCUT2D eigenvalue weighted by molar-refractivity contribution is 0.465. The number of H-pyrrole nitrogens is 1. The number of benzene rings is 1. The third-order valence-electron chi connectivity index (χ3n) is 3.37. The summed E-state index contributed by atoms with van der Waals surface area (Å²) >= 11 is 0. The van der Waals surface area contributed by atoms with Gasteiger partial charge in [-0.15, -0.1) is 0 Å². The highest BCUT2D eigenvalue weighted by atomic mass is 16.5. The summed E-state index contributed by atoms with van der Waals surface area (Å²) in [7, 11) is 0. The molecule has 0 saturated heterocycles. The Morgan fingerprint density at radius 1 is 1.24 bits per heavy atom. The number of anilines is 1. The minimum absolute atomic E-state index is 0.499. The SMILES string of the molecule is CCNc1nc(Oc2cccc(C)c2C)c2cn[nH]c2n1. The molecular formula is C15H17N5O. The lowest BCUT2D eigenvalue weighted by atomic mass is 10.1. The monoisotopic (exact) mass is 283 g/mol. The maximum absolute atomic E-state index is 6.00. The van der Waals surface area contributed by atoms with Crippen LogP contribution in [0.4, 0.5) is 5.95 Å². The van der Waals surface area contributed by atoms with Crippen LogP contribution in [0, 0.1) is 13.8 Å². The average Bonchev–Trinajstić information content (AvgIpc) is 2.93. The average molecular weight is 283 g/mol. The number of rotatable bonds is 4. The second-order valence-electron chi connectivity index (χ2n) is 4.82. The molecule has 0 radical (unpaired) electrons. The molecular weight excluding hydrogens is 266 g/mol. The highest BCUT2D eigenvalue weighted by molar-refractivity contribution is 5.81. The molecule has 1 aromatic carbocycles. The molecule has 0 aliphatic rings. The van der Waals surface area contributed by atoms with Crippen LogP contribution >= 0.6 is 0 Å². The smallest absolute Gasteiger partial charge is 0.235 e. The molecule has 0 atom stereocenters. The zero-order valence-corrected chi connectivity index (χ0v) is 12.3. The zero-order chi connectivity index (χ0) is 14.8. The first kappa shape index (κ1) is 13.4. The summed E-state index contributed by atoms with van der Waals surface area (Å²) in [5.74, 6) is 1.81. The molecule has 6 heteroatoms. The van der Waals surface area contributed by atoms with Crippen molar-refractivity contribution in [2.24, 2.45) is 0 Å². The zero-order valence-electron chi connectivity index (χ0n) is 12.3. The van der Waals surface area contributed by atoms with Gasteiger partial charge in [-0.05, 0) is 38.0 Å². The summed E-state index contributed by atoms with van der Waals surface area (Å²) in [4.78, 5) is 8.77. The molecule has 108 valence electrons. The number of hydrogen-bond donors (Lipinski definition) is 2. The van der Waals surface area contributed by atoms with Gasteiger partial charge in [-0.3, -0.25) is 5.10 Å². The van der Waals surface area contributed by atoms with Gasteiger partial charge in [-0.25, -0.2) is 0 Å². The van der Waals surface area contributed by atoms with Crippen LogP contribution in [-0.2, 0) is 0 Å². The molecule has 0 saturated carbocycles. The lowest BCUT2D eigenvalue weighted by Crippen LogP contribution is -2.03. The molecule has 2 heterocycles. The largest absolute Gasteiger partial charge is 0.438 e. The normalized spacial score (nSPS) is 10.8. The van der Waals surface area contributed by atoms with Gasteiger partial charge in [0.1, 0.15) is 11.1 Å². The van der Waals surface area contributed by atoms with Crippen LogP contribution in [0.3, 0.4) is 0 Å². The first-order chi connectivity index (χ1) is 10.2. The predicted molar refractivity (Wildman–Crippen MR) is 81.8 cm³/mol. The number of aromatic nitrogens is 4. The number of fused-ring (bicyclic) bond motifs is 1. The molecule has 2 aromatic heterocycles. The van der Waals surface area contributed by atoms with E-state index in [2.05, 4.69) is 38.5 Å². The van der Waals surface area contributed by atoms with Crippen LogP contribution in [0.1, 0.15) is 18.1 Å². The van der Waals surface area contributed by atoms with E-state index >= 15 is 0 Å². The van der Waals surface area contributed by atoms with Crippen molar-refractivity contribution in [3.05, 3.63) is 35.5 Å². The number of hydrogen-bond acceptors (Lipinski definition) is 5. The number of ether oxygens (including phenoxy) is 1. The number of aromatic amines is 1. The van der Waals surface area contributed by atoms with E-state index in [-0.39, 0.29) is 0 Å². The van der Waals surface area contributed by atoms with Gasteiger partial charge in [0.05, 0.1) is 6.20 Å². The van der Waals surface area contributed by atoms with Crippen molar-refractivity contribution in [2.45, 2.75) is 20.8 Å². The van der Waals surface area contributed by atoms with Crippen molar-refractivity contribution in [1.29, 1.82) is 0 Å². The molecule has 0 amide bonds. The lowest BCUT2D eigenvalue weighted by Gasteiger charge is -2.11. The summed E-state index contributed by atoms with van der Waals surface area (Å²) in [5.41, 5.74) is 2.93.